The van der Waals surface area contributed by atoms with E-state index >= 15 is 0 Å². The second-order valence-electron chi connectivity index (χ2n) is 5.17. The second kappa shape index (κ2) is 6.62. The third-order valence-corrected chi connectivity index (χ3v) is 3.55. The molecule has 1 fully saturated rings. The fraction of sp³-hybridized carbons (Fsp3) is 0.312. The number of rotatable bonds is 3. The van der Waals surface area contributed by atoms with Crippen molar-refractivity contribution in [3.63, 3.8) is 0 Å². The van der Waals surface area contributed by atoms with Crippen LogP contribution in [0.3, 0.4) is 0 Å². The summed E-state index contributed by atoms with van der Waals surface area (Å²) in [5, 5.41) is 2.94. The molecule has 1 amide bonds. The molecule has 1 aliphatic rings. The number of nitrogens with zero attached hydrogens (tertiary/aromatic N) is 2. The van der Waals surface area contributed by atoms with Crippen molar-refractivity contribution in [3.05, 3.63) is 48.0 Å². The van der Waals surface area contributed by atoms with Crippen molar-refractivity contribution in [3.8, 4) is 11.4 Å². The molecule has 2 heterocycles. The Morgan fingerprint density at radius 2 is 1.95 bits per heavy atom. The predicted molar refractivity (Wildman–Crippen MR) is 78.7 cm³/mol. The lowest BCUT2D eigenvalue weighted by atomic mass is 10.1. The molecule has 0 aliphatic carbocycles. The maximum absolute atomic E-state index is 13.2. The van der Waals surface area contributed by atoms with Crippen LogP contribution in [0.4, 0.5) is 4.39 Å². The minimum absolute atomic E-state index is 0.129. The topological polar surface area (TPSA) is 64.1 Å². The van der Waals surface area contributed by atoms with Crippen molar-refractivity contribution in [1.29, 1.82) is 0 Å². The molecule has 0 atom stereocenters. The zero-order chi connectivity index (χ0) is 15.4. The predicted octanol–water partition coefficient (Wildman–Crippen LogP) is 2.19. The molecule has 1 saturated heterocycles. The summed E-state index contributed by atoms with van der Waals surface area (Å²) in [6.45, 7) is 1.33. The van der Waals surface area contributed by atoms with Gasteiger partial charge in [-0.15, -0.1) is 0 Å². The average Bonchev–Trinajstić information content (AvgIpc) is 2.56. The van der Waals surface area contributed by atoms with E-state index in [-0.39, 0.29) is 17.8 Å². The van der Waals surface area contributed by atoms with Gasteiger partial charge in [0.2, 0.25) is 0 Å². The van der Waals surface area contributed by atoms with Crippen LogP contribution in [0.1, 0.15) is 23.2 Å². The third-order valence-electron chi connectivity index (χ3n) is 3.55. The molecule has 5 nitrogen and oxygen atoms in total. The van der Waals surface area contributed by atoms with Crippen LogP contribution in [-0.4, -0.2) is 35.1 Å². The Labute approximate surface area is 127 Å². The Bertz CT molecular complexity index is 655. The van der Waals surface area contributed by atoms with Crippen molar-refractivity contribution >= 4 is 5.91 Å². The van der Waals surface area contributed by atoms with Gasteiger partial charge < -0.3 is 10.1 Å². The highest BCUT2D eigenvalue weighted by molar-refractivity contribution is 5.93. The zero-order valence-corrected chi connectivity index (χ0v) is 12.0. The van der Waals surface area contributed by atoms with Crippen molar-refractivity contribution in [2.45, 2.75) is 18.9 Å². The van der Waals surface area contributed by atoms with Gasteiger partial charge in [-0.25, -0.2) is 14.4 Å². The first kappa shape index (κ1) is 14.6. The average molecular weight is 301 g/mol. The highest BCUT2D eigenvalue weighted by Gasteiger charge is 2.17. The lowest BCUT2D eigenvalue weighted by Gasteiger charge is -2.22. The highest BCUT2D eigenvalue weighted by atomic mass is 19.1. The molecule has 1 N–H and O–H groups in total. The van der Waals surface area contributed by atoms with Gasteiger partial charge in [0, 0.05) is 37.2 Å². The van der Waals surface area contributed by atoms with Crippen LogP contribution in [0.2, 0.25) is 0 Å². The van der Waals surface area contributed by atoms with Crippen LogP contribution >= 0.6 is 0 Å². The van der Waals surface area contributed by atoms with E-state index in [0.717, 1.165) is 12.8 Å². The zero-order valence-electron chi connectivity index (χ0n) is 12.0. The molecule has 114 valence electrons. The van der Waals surface area contributed by atoms with E-state index in [9.17, 15) is 9.18 Å². The van der Waals surface area contributed by atoms with Gasteiger partial charge in [-0.1, -0.05) is 12.1 Å². The number of hydrogen-bond donors (Lipinski definition) is 1. The first-order valence-corrected chi connectivity index (χ1v) is 7.19. The normalized spacial score (nSPS) is 15.5. The fourth-order valence-corrected chi connectivity index (χ4v) is 2.33. The summed E-state index contributed by atoms with van der Waals surface area (Å²) in [6, 6.07) is 6.17. The van der Waals surface area contributed by atoms with Gasteiger partial charge in [0.1, 0.15) is 5.82 Å². The lowest BCUT2D eigenvalue weighted by Crippen LogP contribution is -2.38. The number of hydrogen-bond acceptors (Lipinski definition) is 4. The SMILES string of the molecule is O=C(NC1CCOCC1)c1cnc(-c2cccc(F)c2)nc1. The number of carbonyl (C=O) groups is 1. The summed E-state index contributed by atoms with van der Waals surface area (Å²) < 4.78 is 18.4. The summed E-state index contributed by atoms with van der Waals surface area (Å²) in [6.07, 6.45) is 4.55. The van der Waals surface area contributed by atoms with Crippen LogP contribution in [0.5, 0.6) is 0 Å². The van der Waals surface area contributed by atoms with Crippen LogP contribution < -0.4 is 5.32 Å². The Balaban J connectivity index is 1.69. The Hall–Kier alpha value is -2.34. The fourth-order valence-electron chi connectivity index (χ4n) is 2.33. The van der Waals surface area contributed by atoms with Gasteiger partial charge in [0.15, 0.2) is 5.82 Å². The first-order chi connectivity index (χ1) is 10.7. The minimum atomic E-state index is -0.345. The first-order valence-electron chi connectivity index (χ1n) is 7.19. The van der Waals surface area contributed by atoms with E-state index in [1.54, 1.807) is 12.1 Å². The highest BCUT2D eigenvalue weighted by Crippen LogP contribution is 2.15. The molecule has 6 heteroatoms. The van der Waals surface area contributed by atoms with E-state index in [0.29, 0.717) is 30.2 Å². The van der Waals surface area contributed by atoms with Crippen molar-refractivity contribution in [2.75, 3.05) is 13.2 Å². The van der Waals surface area contributed by atoms with E-state index in [4.69, 9.17) is 4.74 Å². The molecule has 0 spiro atoms. The molecule has 0 radical (unpaired) electrons. The van der Waals surface area contributed by atoms with Crippen molar-refractivity contribution in [2.24, 2.45) is 0 Å². The largest absolute Gasteiger partial charge is 0.381 e. The molecule has 22 heavy (non-hydrogen) atoms. The summed E-state index contributed by atoms with van der Waals surface area (Å²) in [5.41, 5.74) is 0.975. The standard InChI is InChI=1S/C16H16FN3O2/c17-13-3-1-2-11(8-13)15-18-9-12(10-19-15)16(21)20-14-4-6-22-7-5-14/h1-3,8-10,14H,4-7H2,(H,20,21). The summed E-state index contributed by atoms with van der Waals surface area (Å²) >= 11 is 0. The van der Waals surface area contributed by atoms with E-state index in [2.05, 4.69) is 15.3 Å². The van der Waals surface area contributed by atoms with Crippen molar-refractivity contribution < 1.29 is 13.9 Å². The Kier molecular flexibility index (Phi) is 4.39. The third kappa shape index (κ3) is 3.46. The van der Waals surface area contributed by atoms with Gasteiger partial charge in [-0.3, -0.25) is 4.79 Å². The van der Waals surface area contributed by atoms with Gasteiger partial charge >= 0.3 is 0 Å². The molecule has 3 rings (SSSR count). The molecular formula is C16H16FN3O2. The second-order valence-corrected chi connectivity index (χ2v) is 5.17. The molecule has 1 aromatic carbocycles. The number of benzene rings is 1. The number of aromatic nitrogens is 2. The maximum atomic E-state index is 13.2. The Morgan fingerprint density at radius 1 is 1.23 bits per heavy atom. The van der Waals surface area contributed by atoms with E-state index in [1.807, 2.05) is 0 Å². The minimum Gasteiger partial charge on any atom is -0.381 e. The van der Waals surface area contributed by atoms with Crippen LogP contribution in [0, 0.1) is 5.82 Å². The summed E-state index contributed by atoms with van der Waals surface area (Å²) in [7, 11) is 0. The number of nitrogens with one attached hydrogen (secondary N) is 1. The smallest absolute Gasteiger partial charge is 0.254 e. The molecule has 0 saturated carbocycles. The molecule has 2 aromatic rings. The number of ether oxygens (including phenoxy) is 1. The number of halogens is 1. The summed E-state index contributed by atoms with van der Waals surface area (Å²) in [4.78, 5) is 20.4. The molecule has 0 bridgehead atoms. The van der Waals surface area contributed by atoms with Crippen LogP contribution in [0.15, 0.2) is 36.7 Å². The van der Waals surface area contributed by atoms with Crippen molar-refractivity contribution in [1.82, 2.24) is 15.3 Å². The van der Waals surface area contributed by atoms with Crippen LogP contribution in [0.25, 0.3) is 11.4 Å². The quantitative estimate of drug-likeness (QED) is 0.944. The Morgan fingerprint density at radius 3 is 2.64 bits per heavy atom. The monoisotopic (exact) mass is 301 g/mol. The van der Waals surface area contributed by atoms with Gasteiger partial charge in [0.05, 0.1) is 5.56 Å². The molecular weight excluding hydrogens is 285 g/mol. The van der Waals surface area contributed by atoms with Gasteiger partial charge in [-0.2, -0.15) is 0 Å². The maximum Gasteiger partial charge on any atom is 0.254 e. The molecule has 1 aromatic heterocycles. The van der Waals surface area contributed by atoms with Crippen LogP contribution in [-0.2, 0) is 4.74 Å². The number of amides is 1. The van der Waals surface area contributed by atoms with Gasteiger partial charge in [-0.05, 0) is 25.0 Å². The lowest BCUT2D eigenvalue weighted by molar-refractivity contribution is 0.0696. The number of carbonyl (C=O) groups excluding carboxylic acids is 1. The van der Waals surface area contributed by atoms with Gasteiger partial charge in [0.25, 0.3) is 5.91 Å². The molecule has 1 aliphatic heterocycles. The van der Waals surface area contributed by atoms with E-state index < -0.39 is 0 Å². The van der Waals surface area contributed by atoms with E-state index in [1.165, 1.54) is 24.5 Å². The molecule has 0 unspecified atom stereocenters. The summed E-state index contributed by atoms with van der Waals surface area (Å²) in [5.74, 6) is -0.151.